The Labute approximate surface area is 76.2 Å². The molecule has 5 heteroatoms. The second-order valence-corrected chi connectivity index (χ2v) is 3.17. The molecule has 2 unspecified atom stereocenters. The van der Waals surface area contributed by atoms with Gasteiger partial charge in [-0.2, -0.15) is 13.2 Å². The van der Waals surface area contributed by atoms with Crippen LogP contribution in [0.1, 0.15) is 26.7 Å². The van der Waals surface area contributed by atoms with Crippen molar-refractivity contribution in [1.29, 1.82) is 0 Å². The molecule has 0 fully saturated rings. The van der Waals surface area contributed by atoms with E-state index in [2.05, 4.69) is 4.74 Å². The first-order valence-corrected chi connectivity index (χ1v) is 4.28. The van der Waals surface area contributed by atoms with E-state index in [9.17, 15) is 13.2 Å². The Kier molecular flexibility index (Phi) is 5.32. The van der Waals surface area contributed by atoms with E-state index >= 15 is 0 Å². The first-order valence-electron chi connectivity index (χ1n) is 4.28. The molecule has 13 heavy (non-hydrogen) atoms. The molecule has 0 aliphatic heterocycles. The lowest BCUT2D eigenvalue weighted by molar-refractivity contribution is -0.214. The first kappa shape index (κ1) is 12.7. The van der Waals surface area contributed by atoms with E-state index in [0.29, 0.717) is 12.8 Å². The van der Waals surface area contributed by atoms with Gasteiger partial charge in [0, 0.05) is 12.6 Å². The number of nitrogens with two attached hydrogens (primary N) is 1. The van der Waals surface area contributed by atoms with E-state index < -0.39 is 12.3 Å². The number of alkyl halides is 3. The van der Waals surface area contributed by atoms with Crippen molar-refractivity contribution in [3.05, 3.63) is 0 Å². The Bertz CT molecular complexity index is 136. The maximum atomic E-state index is 11.9. The zero-order valence-corrected chi connectivity index (χ0v) is 7.90. The van der Waals surface area contributed by atoms with Gasteiger partial charge < -0.3 is 10.5 Å². The molecule has 80 valence electrons. The molecule has 0 aromatic heterocycles. The molecular weight excluding hydrogens is 183 g/mol. The Balaban J connectivity index is 3.43. The van der Waals surface area contributed by atoms with Gasteiger partial charge in [-0.3, -0.25) is 0 Å². The standard InChI is InChI=1S/C8H16F3NO/c1-6(12)4-3-5-13-7(2)8(9,10)11/h6-7H,3-5,12H2,1-2H3. The van der Waals surface area contributed by atoms with Crippen LogP contribution in [-0.2, 0) is 4.74 Å². The maximum Gasteiger partial charge on any atom is 0.414 e. The quantitative estimate of drug-likeness (QED) is 0.688. The van der Waals surface area contributed by atoms with Crippen molar-refractivity contribution in [2.45, 2.75) is 45.0 Å². The van der Waals surface area contributed by atoms with Crippen molar-refractivity contribution in [2.24, 2.45) is 5.73 Å². The highest BCUT2D eigenvalue weighted by molar-refractivity contribution is 4.61. The van der Waals surface area contributed by atoms with Gasteiger partial charge in [0.25, 0.3) is 0 Å². The maximum absolute atomic E-state index is 11.9. The minimum Gasteiger partial charge on any atom is -0.369 e. The fourth-order valence-corrected chi connectivity index (χ4v) is 0.760. The van der Waals surface area contributed by atoms with Gasteiger partial charge in [-0.15, -0.1) is 0 Å². The molecule has 0 amide bonds. The minimum absolute atomic E-state index is 0.0183. The van der Waals surface area contributed by atoms with Crippen LogP contribution in [-0.4, -0.2) is 24.9 Å². The number of halogens is 3. The third-order valence-corrected chi connectivity index (χ3v) is 1.63. The highest BCUT2D eigenvalue weighted by Crippen LogP contribution is 2.22. The highest BCUT2D eigenvalue weighted by Gasteiger charge is 2.36. The van der Waals surface area contributed by atoms with Gasteiger partial charge in [0.1, 0.15) is 0 Å². The molecular formula is C8H16F3NO. The summed E-state index contributed by atoms with van der Waals surface area (Å²) in [6.07, 6.45) is -4.68. The lowest BCUT2D eigenvalue weighted by Gasteiger charge is -2.16. The van der Waals surface area contributed by atoms with Gasteiger partial charge >= 0.3 is 6.18 Å². The van der Waals surface area contributed by atoms with E-state index in [0.717, 1.165) is 6.92 Å². The summed E-state index contributed by atoms with van der Waals surface area (Å²) in [5.74, 6) is 0. The van der Waals surface area contributed by atoms with Crippen LogP contribution in [0.15, 0.2) is 0 Å². The second-order valence-electron chi connectivity index (χ2n) is 3.17. The predicted octanol–water partition coefficient (Wildman–Crippen LogP) is 2.08. The smallest absolute Gasteiger partial charge is 0.369 e. The van der Waals surface area contributed by atoms with Gasteiger partial charge in [-0.1, -0.05) is 0 Å². The third kappa shape index (κ3) is 6.83. The summed E-state index contributed by atoms with van der Waals surface area (Å²) in [6, 6.07) is 0.0183. The van der Waals surface area contributed by atoms with Gasteiger partial charge in [0.2, 0.25) is 0 Å². The Hall–Kier alpha value is -0.290. The molecule has 2 atom stereocenters. The van der Waals surface area contributed by atoms with Crippen molar-refractivity contribution in [3.63, 3.8) is 0 Å². The molecule has 0 aliphatic rings. The van der Waals surface area contributed by atoms with Gasteiger partial charge in [0.15, 0.2) is 6.10 Å². The molecule has 2 nitrogen and oxygen atoms in total. The molecule has 0 saturated carbocycles. The van der Waals surface area contributed by atoms with Crippen LogP contribution >= 0.6 is 0 Å². The molecule has 0 aliphatic carbocycles. The first-order chi connectivity index (χ1) is 5.84. The number of ether oxygens (including phenoxy) is 1. The van der Waals surface area contributed by atoms with Crippen molar-refractivity contribution in [2.75, 3.05) is 6.61 Å². The molecule has 2 N–H and O–H groups in total. The van der Waals surface area contributed by atoms with Crippen LogP contribution in [0.2, 0.25) is 0 Å². The van der Waals surface area contributed by atoms with Crippen LogP contribution in [0.5, 0.6) is 0 Å². The van der Waals surface area contributed by atoms with Crippen LogP contribution in [0, 0.1) is 0 Å². The van der Waals surface area contributed by atoms with E-state index in [4.69, 9.17) is 5.73 Å². The molecule has 0 aromatic carbocycles. The van der Waals surface area contributed by atoms with Crippen LogP contribution in [0.25, 0.3) is 0 Å². The van der Waals surface area contributed by atoms with E-state index in [1.54, 1.807) is 0 Å². The summed E-state index contributed by atoms with van der Waals surface area (Å²) in [6.45, 7) is 2.93. The van der Waals surface area contributed by atoms with Crippen LogP contribution in [0.3, 0.4) is 0 Å². The Morgan fingerprint density at radius 3 is 2.23 bits per heavy atom. The van der Waals surface area contributed by atoms with Crippen LogP contribution in [0.4, 0.5) is 13.2 Å². The van der Waals surface area contributed by atoms with E-state index in [-0.39, 0.29) is 12.6 Å². The lowest BCUT2D eigenvalue weighted by Crippen LogP contribution is -2.29. The van der Waals surface area contributed by atoms with E-state index in [1.807, 2.05) is 6.92 Å². The summed E-state index contributed by atoms with van der Waals surface area (Å²) in [5.41, 5.74) is 5.42. The molecule has 0 bridgehead atoms. The average molecular weight is 199 g/mol. The largest absolute Gasteiger partial charge is 0.414 e. The van der Waals surface area contributed by atoms with E-state index in [1.165, 1.54) is 0 Å². The van der Waals surface area contributed by atoms with Crippen molar-refractivity contribution in [3.8, 4) is 0 Å². The number of rotatable bonds is 5. The molecule has 0 rings (SSSR count). The highest BCUT2D eigenvalue weighted by atomic mass is 19.4. The lowest BCUT2D eigenvalue weighted by atomic mass is 10.2. The normalized spacial score (nSPS) is 17.1. The Morgan fingerprint density at radius 1 is 1.31 bits per heavy atom. The summed E-state index contributed by atoms with van der Waals surface area (Å²) in [4.78, 5) is 0. The monoisotopic (exact) mass is 199 g/mol. The zero-order chi connectivity index (χ0) is 10.5. The number of hydrogen-bond acceptors (Lipinski definition) is 2. The Morgan fingerprint density at radius 2 is 1.85 bits per heavy atom. The second kappa shape index (κ2) is 5.44. The number of hydrogen-bond donors (Lipinski definition) is 1. The van der Waals surface area contributed by atoms with Gasteiger partial charge in [0.05, 0.1) is 0 Å². The van der Waals surface area contributed by atoms with Crippen molar-refractivity contribution in [1.82, 2.24) is 0 Å². The predicted molar refractivity (Wildman–Crippen MR) is 44.4 cm³/mol. The topological polar surface area (TPSA) is 35.2 Å². The molecule has 0 aromatic rings. The van der Waals surface area contributed by atoms with Gasteiger partial charge in [-0.05, 0) is 26.7 Å². The third-order valence-electron chi connectivity index (χ3n) is 1.63. The summed E-state index contributed by atoms with van der Waals surface area (Å²) >= 11 is 0. The molecule has 0 saturated heterocycles. The fourth-order valence-electron chi connectivity index (χ4n) is 0.760. The SMILES string of the molecule is CC(N)CCCOC(C)C(F)(F)F. The molecule has 0 spiro atoms. The molecule has 0 heterocycles. The minimum atomic E-state index is -4.26. The summed E-state index contributed by atoms with van der Waals surface area (Å²) in [7, 11) is 0. The zero-order valence-electron chi connectivity index (χ0n) is 7.90. The average Bonchev–Trinajstić information content (AvgIpc) is 1.95. The van der Waals surface area contributed by atoms with Crippen molar-refractivity contribution >= 4 is 0 Å². The van der Waals surface area contributed by atoms with Crippen molar-refractivity contribution < 1.29 is 17.9 Å². The summed E-state index contributed by atoms with van der Waals surface area (Å²) in [5, 5.41) is 0. The molecule has 0 radical (unpaired) electrons. The summed E-state index contributed by atoms with van der Waals surface area (Å²) < 4.78 is 40.2. The van der Waals surface area contributed by atoms with Crippen LogP contribution < -0.4 is 5.73 Å². The fraction of sp³-hybridized carbons (Fsp3) is 1.00. The van der Waals surface area contributed by atoms with Gasteiger partial charge in [-0.25, -0.2) is 0 Å².